The van der Waals surface area contributed by atoms with Crippen molar-refractivity contribution in [2.45, 2.75) is 12.8 Å². The van der Waals surface area contributed by atoms with Gasteiger partial charge in [0.2, 0.25) is 0 Å². The SMILES string of the molecule is O=C(O)c1ccccc1OCc1ccc(F)cc1C(F)(F)F. The van der Waals surface area contributed by atoms with Crippen LogP contribution in [0.1, 0.15) is 21.5 Å². The van der Waals surface area contributed by atoms with Gasteiger partial charge in [-0.05, 0) is 24.3 Å². The Labute approximate surface area is 122 Å². The van der Waals surface area contributed by atoms with Crippen LogP contribution in [0.3, 0.4) is 0 Å². The van der Waals surface area contributed by atoms with E-state index in [1.54, 1.807) is 0 Å². The van der Waals surface area contributed by atoms with Crippen LogP contribution in [0.5, 0.6) is 5.75 Å². The van der Waals surface area contributed by atoms with Crippen LogP contribution >= 0.6 is 0 Å². The molecule has 0 atom stereocenters. The minimum absolute atomic E-state index is 0.0625. The minimum atomic E-state index is -4.73. The van der Waals surface area contributed by atoms with Gasteiger partial charge in [0, 0.05) is 5.56 Å². The van der Waals surface area contributed by atoms with Gasteiger partial charge < -0.3 is 9.84 Å². The van der Waals surface area contributed by atoms with Crippen molar-refractivity contribution in [3.05, 3.63) is 65.0 Å². The van der Waals surface area contributed by atoms with Crippen molar-refractivity contribution in [3.63, 3.8) is 0 Å². The van der Waals surface area contributed by atoms with Crippen molar-refractivity contribution in [2.24, 2.45) is 0 Å². The third kappa shape index (κ3) is 3.55. The highest BCUT2D eigenvalue weighted by molar-refractivity contribution is 5.90. The Morgan fingerprint density at radius 3 is 2.45 bits per heavy atom. The molecule has 0 aliphatic carbocycles. The molecule has 0 unspecified atom stereocenters. The maximum Gasteiger partial charge on any atom is 0.416 e. The second-order valence-electron chi connectivity index (χ2n) is 4.39. The Balaban J connectivity index is 2.28. The molecule has 1 N–H and O–H groups in total. The van der Waals surface area contributed by atoms with E-state index in [1.165, 1.54) is 24.3 Å². The molecule has 0 saturated carbocycles. The second-order valence-corrected chi connectivity index (χ2v) is 4.39. The molecule has 0 aliphatic rings. The molecular weight excluding hydrogens is 304 g/mol. The van der Waals surface area contributed by atoms with Gasteiger partial charge in [-0.25, -0.2) is 9.18 Å². The third-order valence-electron chi connectivity index (χ3n) is 2.88. The van der Waals surface area contributed by atoms with Crippen LogP contribution < -0.4 is 4.74 Å². The standard InChI is InChI=1S/C15H10F4O3/c16-10-6-5-9(12(7-10)15(17,18)19)8-22-13-4-2-1-3-11(13)14(20)21/h1-7H,8H2,(H,20,21). The van der Waals surface area contributed by atoms with Crippen LogP contribution in [0, 0.1) is 5.82 Å². The highest BCUT2D eigenvalue weighted by atomic mass is 19.4. The number of carbonyl (C=O) groups is 1. The van der Waals surface area contributed by atoms with Crippen LogP contribution in [0.4, 0.5) is 17.6 Å². The van der Waals surface area contributed by atoms with E-state index in [1.807, 2.05) is 0 Å². The molecule has 0 heterocycles. The first-order chi connectivity index (χ1) is 10.3. The van der Waals surface area contributed by atoms with Gasteiger partial charge >= 0.3 is 12.1 Å². The van der Waals surface area contributed by atoms with Gasteiger partial charge in [-0.2, -0.15) is 13.2 Å². The first kappa shape index (κ1) is 15.8. The van der Waals surface area contributed by atoms with Gasteiger partial charge in [0.15, 0.2) is 0 Å². The molecular formula is C15H10F4O3. The second kappa shape index (κ2) is 6.05. The summed E-state index contributed by atoms with van der Waals surface area (Å²) in [5.74, 6) is -2.33. The van der Waals surface area contributed by atoms with E-state index in [9.17, 15) is 22.4 Å². The number of carboxylic acids is 1. The zero-order valence-electron chi connectivity index (χ0n) is 11.0. The fourth-order valence-corrected chi connectivity index (χ4v) is 1.86. The van der Waals surface area contributed by atoms with Crippen molar-refractivity contribution in [2.75, 3.05) is 0 Å². The van der Waals surface area contributed by atoms with E-state index in [2.05, 4.69) is 0 Å². The zero-order valence-corrected chi connectivity index (χ0v) is 11.0. The first-order valence-electron chi connectivity index (χ1n) is 6.10. The fraction of sp³-hybridized carbons (Fsp3) is 0.133. The van der Waals surface area contributed by atoms with Gasteiger partial charge in [0.05, 0.1) is 5.56 Å². The number of carboxylic acid groups (broad SMARTS) is 1. The van der Waals surface area contributed by atoms with Crippen molar-refractivity contribution in [1.29, 1.82) is 0 Å². The molecule has 3 nitrogen and oxygen atoms in total. The Morgan fingerprint density at radius 1 is 1.14 bits per heavy atom. The predicted octanol–water partition coefficient (Wildman–Crippen LogP) is 4.12. The van der Waals surface area contributed by atoms with E-state index in [0.717, 1.165) is 12.1 Å². The molecule has 0 amide bonds. The summed E-state index contributed by atoms with van der Waals surface area (Å²) in [5.41, 5.74) is -1.60. The normalized spacial score (nSPS) is 11.3. The molecule has 0 spiro atoms. The summed E-state index contributed by atoms with van der Waals surface area (Å²) < 4.78 is 56.7. The molecule has 7 heteroatoms. The van der Waals surface area contributed by atoms with Crippen LogP contribution in [-0.4, -0.2) is 11.1 Å². The van der Waals surface area contributed by atoms with E-state index in [0.29, 0.717) is 6.07 Å². The summed E-state index contributed by atoms with van der Waals surface area (Å²) in [6.07, 6.45) is -4.73. The number of para-hydroxylation sites is 1. The number of halogens is 4. The molecule has 0 fully saturated rings. The molecule has 0 aliphatic heterocycles. The Morgan fingerprint density at radius 2 is 1.82 bits per heavy atom. The lowest BCUT2D eigenvalue weighted by atomic mass is 10.1. The van der Waals surface area contributed by atoms with Crippen molar-refractivity contribution in [3.8, 4) is 5.75 Å². The summed E-state index contributed by atoms with van der Waals surface area (Å²) in [6.45, 7) is -0.528. The van der Waals surface area contributed by atoms with Crippen LogP contribution in [0.2, 0.25) is 0 Å². The molecule has 2 rings (SSSR count). The number of hydrogen-bond donors (Lipinski definition) is 1. The average molecular weight is 314 g/mol. The van der Waals surface area contributed by atoms with Gasteiger partial charge in [-0.15, -0.1) is 0 Å². The average Bonchev–Trinajstić information content (AvgIpc) is 2.45. The van der Waals surface area contributed by atoms with Gasteiger partial charge in [-0.3, -0.25) is 0 Å². The summed E-state index contributed by atoms with van der Waals surface area (Å²) in [7, 11) is 0. The van der Waals surface area contributed by atoms with Gasteiger partial charge in [-0.1, -0.05) is 18.2 Å². The summed E-state index contributed by atoms with van der Waals surface area (Å²) in [5, 5.41) is 8.97. The number of hydrogen-bond acceptors (Lipinski definition) is 2. The maximum atomic E-state index is 13.0. The lowest BCUT2D eigenvalue weighted by Crippen LogP contribution is -2.12. The Kier molecular flexibility index (Phi) is 4.35. The molecule has 2 aromatic carbocycles. The zero-order chi connectivity index (χ0) is 16.3. The number of alkyl halides is 3. The molecule has 116 valence electrons. The summed E-state index contributed by atoms with van der Waals surface area (Å²) in [6, 6.07) is 7.79. The largest absolute Gasteiger partial charge is 0.488 e. The third-order valence-corrected chi connectivity index (χ3v) is 2.88. The maximum absolute atomic E-state index is 13.0. The molecule has 0 aromatic heterocycles. The number of ether oxygens (including phenoxy) is 1. The van der Waals surface area contributed by atoms with E-state index >= 15 is 0 Å². The Bertz CT molecular complexity index is 695. The van der Waals surface area contributed by atoms with Crippen molar-refractivity contribution >= 4 is 5.97 Å². The molecule has 2 aromatic rings. The quantitative estimate of drug-likeness (QED) is 0.864. The van der Waals surface area contributed by atoms with E-state index < -0.39 is 30.1 Å². The summed E-state index contributed by atoms with van der Waals surface area (Å²) >= 11 is 0. The monoisotopic (exact) mass is 314 g/mol. The molecule has 0 saturated heterocycles. The van der Waals surface area contributed by atoms with Gasteiger partial charge in [0.25, 0.3) is 0 Å². The van der Waals surface area contributed by atoms with Crippen molar-refractivity contribution < 1.29 is 32.2 Å². The fourth-order valence-electron chi connectivity index (χ4n) is 1.86. The Hall–Kier alpha value is -2.57. The highest BCUT2D eigenvalue weighted by Gasteiger charge is 2.34. The number of benzene rings is 2. The molecule has 0 radical (unpaired) electrons. The van der Waals surface area contributed by atoms with Crippen LogP contribution in [0.15, 0.2) is 42.5 Å². The van der Waals surface area contributed by atoms with Crippen molar-refractivity contribution in [1.82, 2.24) is 0 Å². The van der Waals surface area contributed by atoms with Crippen LogP contribution in [-0.2, 0) is 12.8 Å². The van der Waals surface area contributed by atoms with Crippen LogP contribution in [0.25, 0.3) is 0 Å². The number of aromatic carboxylic acids is 1. The first-order valence-corrected chi connectivity index (χ1v) is 6.10. The minimum Gasteiger partial charge on any atom is -0.488 e. The highest BCUT2D eigenvalue weighted by Crippen LogP contribution is 2.33. The lowest BCUT2D eigenvalue weighted by Gasteiger charge is -2.14. The smallest absolute Gasteiger partial charge is 0.416 e. The number of rotatable bonds is 4. The predicted molar refractivity (Wildman–Crippen MR) is 69.1 cm³/mol. The van der Waals surface area contributed by atoms with E-state index in [4.69, 9.17) is 9.84 Å². The molecule has 0 bridgehead atoms. The summed E-state index contributed by atoms with van der Waals surface area (Å²) in [4.78, 5) is 11.0. The molecule has 22 heavy (non-hydrogen) atoms. The van der Waals surface area contributed by atoms with Gasteiger partial charge in [0.1, 0.15) is 23.7 Å². The topological polar surface area (TPSA) is 46.5 Å². The van der Waals surface area contributed by atoms with E-state index in [-0.39, 0.29) is 16.9 Å². The lowest BCUT2D eigenvalue weighted by molar-refractivity contribution is -0.138.